The largest absolute Gasteiger partial charge is 0.338 e. The summed E-state index contributed by atoms with van der Waals surface area (Å²) < 4.78 is 27.8. The summed E-state index contributed by atoms with van der Waals surface area (Å²) in [7, 11) is -3.52. The number of rotatable bonds is 6. The Morgan fingerprint density at radius 3 is 2.73 bits per heavy atom. The van der Waals surface area contributed by atoms with Crippen molar-refractivity contribution >= 4 is 38.6 Å². The summed E-state index contributed by atoms with van der Waals surface area (Å²) in [5.41, 5.74) is 1.45. The molecule has 0 aliphatic carbocycles. The topological polar surface area (TPSA) is 79.4 Å². The molecule has 0 saturated carbocycles. The lowest BCUT2D eigenvalue weighted by Crippen LogP contribution is -2.31. The molecule has 142 valence electrons. The summed E-state index contributed by atoms with van der Waals surface area (Å²) in [4.78, 5) is 19.6. The van der Waals surface area contributed by atoms with Gasteiger partial charge in [-0.1, -0.05) is 6.92 Å². The highest BCUT2D eigenvalue weighted by Gasteiger charge is 2.25. The van der Waals surface area contributed by atoms with Gasteiger partial charge in [0.25, 0.3) is 5.91 Å². The Bertz CT molecular complexity index is 895. The highest BCUT2D eigenvalue weighted by atomic mass is 32.2. The van der Waals surface area contributed by atoms with Crippen molar-refractivity contribution in [2.24, 2.45) is 0 Å². The molecule has 26 heavy (non-hydrogen) atoms. The number of aryl methyl sites for hydroxylation is 1. The van der Waals surface area contributed by atoms with Crippen LogP contribution in [0.5, 0.6) is 0 Å². The van der Waals surface area contributed by atoms with Crippen LogP contribution in [0.4, 0.5) is 0 Å². The van der Waals surface area contributed by atoms with Crippen LogP contribution in [-0.4, -0.2) is 43.3 Å². The van der Waals surface area contributed by atoms with E-state index in [2.05, 4.69) is 9.71 Å². The molecule has 1 amide bonds. The van der Waals surface area contributed by atoms with E-state index in [1.807, 2.05) is 25.7 Å². The highest BCUT2D eigenvalue weighted by Crippen LogP contribution is 2.33. The first-order chi connectivity index (χ1) is 12.3. The van der Waals surface area contributed by atoms with Gasteiger partial charge in [-0.15, -0.1) is 22.7 Å². The van der Waals surface area contributed by atoms with Crippen molar-refractivity contribution in [3.63, 3.8) is 0 Å². The van der Waals surface area contributed by atoms with E-state index in [4.69, 9.17) is 0 Å². The van der Waals surface area contributed by atoms with Crippen LogP contribution < -0.4 is 4.72 Å². The smallest absolute Gasteiger partial charge is 0.265 e. The molecule has 0 spiro atoms. The highest BCUT2D eigenvalue weighted by molar-refractivity contribution is 7.91. The van der Waals surface area contributed by atoms with Crippen molar-refractivity contribution in [3.8, 4) is 10.6 Å². The van der Waals surface area contributed by atoms with Gasteiger partial charge in [-0.3, -0.25) is 4.79 Å². The Hall–Kier alpha value is -1.29. The Balaban J connectivity index is 1.84. The molecule has 1 aliphatic rings. The Kier molecular flexibility index (Phi) is 5.81. The molecule has 0 bridgehead atoms. The molecular weight excluding hydrogens is 390 g/mol. The molecule has 6 nitrogen and oxygen atoms in total. The van der Waals surface area contributed by atoms with Gasteiger partial charge in [-0.05, 0) is 39.2 Å². The third kappa shape index (κ3) is 4.00. The number of nitrogens with zero attached hydrogens (tertiary/aromatic N) is 2. The summed E-state index contributed by atoms with van der Waals surface area (Å²) in [5.74, 6) is 0.0326. The summed E-state index contributed by atoms with van der Waals surface area (Å²) in [5, 5.41) is 2.47. The van der Waals surface area contributed by atoms with E-state index < -0.39 is 10.0 Å². The maximum Gasteiger partial charge on any atom is 0.265 e. The maximum atomic E-state index is 12.6. The summed E-state index contributed by atoms with van der Waals surface area (Å²) in [6.07, 6.45) is 2.82. The first kappa shape index (κ1) is 19.5. The van der Waals surface area contributed by atoms with Gasteiger partial charge in [0.05, 0.1) is 5.69 Å². The molecule has 1 aliphatic heterocycles. The minimum atomic E-state index is -3.52. The zero-order valence-corrected chi connectivity index (χ0v) is 17.6. The van der Waals surface area contributed by atoms with Crippen LogP contribution in [0.3, 0.4) is 0 Å². The van der Waals surface area contributed by atoms with Crippen molar-refractivity contribution in [1.29, 1.82) is 0 Å². The Morgan fingerprint density at radius 1 is 1.38 bits per heavy atom. The van der Waals surface area contributed by atoms with Crippen LogP contribution in [0, 0.1) is 6.92 Å². The van der Waals surface area contributed by atoms with Gasteiger partial charge in [-0.2, -0.15) is 0 Å². The molecule has 0 aromatic carbocycles. The standard InChI is InChI=1S/C17H23N3O3S3/c1-4-11(2)19-26(22,23)14-9-13(10-24-14)16-18-12(3)15(25-16)17(21)20-7-5-6-8-20/h9-11,19H,4-8H2,1-3H3. The second-order valence-corrected chi connectivity index (χ2v) is 10.4. The molecule has 2 aromatic heterocycles. The van der Waals surface area contributed by atoms with Gasteiger partial charge < -0.3 is 4.90 Å². The van der Waals surface area contributed by atoms with Gasteiger partial charge in [0.2, 0.25) is 10.0 Å². The van der Waals surface area contributed by atoms with Crippen molar-refractivity contribution in [2.75, 3.05) is 13.1 Å². The normalized spacial score (nSPS) is 16.2. The first-order valence-electron chi connectivity index (χ1n) is 8.69. The number of thiophene rings is 1. The summed E-state index contributed by atoms with van der Waals surface area (Å²) in [6, 6.07) is 1.52. The quantitative estimate of drug-likeness (QED) is 0.786. The monoisotopic (exact) mass is 413 g/mol. The Morgan fingerprint density at radius 2 is 2.08 bits per heavy atom. The molecule has 3 heterocycles. The average Bonchev–Trinajstić information content (AvgIpc) is 3.33. The third-order valence-electron chi connectivity index (χ3n) is 4.44. The number of hydrogen-bond donors (Lipinski definition) is 1. The molecule has 1 atom stereocenters. The predicted molar refractivity (Wildman–Crippen MR) is 105 cm³/mol. The number of likely N-dealkylation sites (tertiary alicyclic amines) is 1. The van der Waals surface area contributed by atoms with Crippen LogP contribution in [0.2, 0.25) is 0 Å². The fourth-order valence-electron chi connectivity index (χ4n) is 2.76. The zero-order valence-electron chi connectivity index (χ0n) is 15.1. The van der Waals surface area contributed by atoms with E-state index in [-0.39, 0.29) is 16.2 Å². The van der Waals surface area contributed by atoms with Gasteiger partial charge in [0.15, 0.2) is 0 Å². The lowest BCUT2D eigenvalue weighted by molar-refractivity contribution is 0.0796. The zero-order chi connectivity index (χ0) is 18.9. The molecule has 0 radical (unpaired) electrons. The summed E-state index contributed by atoms with van der Waals surface area (Å²) >= 11 is 2.51. The number of sulfonamides is 1. The Labute approximate surface area is 162 Å². The van der Waals surface area contributed by atoms with Crippen molar-refractivity contribution in [3.05, 3.63) is 22.0 Å². The fraction of sp³-hybridized carbons (Fsp3) is 0.529. The van der Waals surface area contributed by atoms with Crippen molar-refractivity contribution in [1.82, 2.24) is 14.6 Å². The SMILES string of the molecule is CCC(C)NS(=O)(=O)c1cc(-c2nc(C)c(C(=O)N3CCCC3)s2)cs1. The molecule has 1 N–H and O–H groups in total. The third-order valence-corrected chi connectivity index (χ3v) is 8.66. The lowest BCUT2D eigenvalue weighted by Gasteiger charge is -2.13. The van der Waals surface area contributed by atoms with Crippen molar-refractivity contribution < 1.29 is 13.2 Å². The van der Waals surface area contributed by atoms with E-state index in [9.17, 15) is 13.2 Å². The second-order valence-electron chi connectivity index (χ2n) is 6.52. The van der Waals surface area contributed by atoms with E-state index >= 15 is 0 Å². The first-order valence-corrected chi connectivity index (χ1v) is 11.9. The average molecular weight is 414 g/mol. The van der Waals surface area contributed by atoms with Crippen LogP contribution in [0.15, 0.2) is 15.7 Å². The van der Waals surface area contributed by atoms with Crippen LogP contribution in [0.25, 0.3) is 10.6 Å². The molecule has 2 aromatic rings. The van der Waals surface area contributed by atoms with E-state index in [0.717, 1.165) is 37.9 Å². The van der Waals surface area contributed by atoms with Crippen LogP contribution in [0.1, 0.15) is 48.5 Å². The maximum absolute atomic E-state index is 12.6. The predicted octanol–water partition coefficient (Wildman–Crippen LogP) is 3.49. The van der Waals surface area contributed by atoms with Gasteiger partial charge in [-0.25, -0.2) is 18.1 Å². The number of nitrogens with one attached hydrogen (secondary N) is 1. The van der Waals surface area contributed by atoms with E-state index in [1.54, 1.807) is 11.4 Å². The van der Waals surface area contributed by atoms with Gasteiger partial charge in [0, 0.05) is 30.1 Å². The van der Waals surface area contributed by atoms with E-state index in [0.29, 0.717) is 15.6 Å². The number of amides is 1. The molecule has 1 fully saturated rings. The summed E-state index contributed by atoms with van der Waals surface area (Å²) in [6.45, 7) is 7.20. The minimum Gasteiger partial charge on any atom is -0.338 e. The van der Waals surface area contributed by atoms with Crippen molar-refractivity contribution in [2.45, 2.75) is 50.3 Å². The molecule has 1 saturated heterocycles. The minimum absolute atomic E-state index is 0.0326. The molecule has 9 heteroatoms. The molecular formula is C17H23N3O3S3. The van der Waals surface area contributed by atoms with Gasteiger partial charge >= 0.3 is 0 Å². The number of carbonyl (C=O) groups is 1. The number of carbonyl (C=O) groups excluding carboxylic acids is 1. The number of hydrogen-bond acceptors (Lipinski definition) is 6. The van der Waals surface area contributed by atoms with E-state index in [1.165, 1.54) is 22.7 Å². The number of thiazole rings is 1. The fourth-order valence-corrected chi connectivity index (χ4v) is 6.36. The lowest BCUT2D eigenvalue weighted by atomic mass is 10.3. The molecule has 3 rings (SSSR count). The van der Waals surface area contributed by atoms with Gasteiger partial charge in [0.1, 0.15) is 14.1 Å². The molecule has 1 unspecified atom stereocenters. The van der Waals surface area contributed by atoms with Crippen LogP contribution >= 0.6 is 22.7 Å². The van der Waals surface area contributed by atoms with Crippen LogP contribution in [-0.2, 0) is 10.0 Å². The second kappa shape index (κ2) is 7.75. The number of aromatic nitrogens is 1.